The molecule has 2 aromatic carbocycles. The van der Waals surface area contributed by atoms with Gasteiger partial charge in [0, 0.05) is 36.5 Å². The molecule has 2 saturated heterocycles. The van der Waals surface area contributed by atoms with Crippen LogP contribution in [0.2, 0.25) is 5.02 Å². The molecule has 0 atom stereocenters. The second kappa shape index (κ2) is 8.73. The average molecular weight is 490 g/mol. The molecule has 2 aliphatic heterocycles. The highest BCUT2D eigenvalue weighted by Crippen LogP contribution is 2.36. The zero-order chi connectivity index (χ0) is 24.0. The van der Waals surface area contributed by atoms with Crippen LogP contribution in [0, 0.1) is 0 Å². The SMILES string of the molecule is O=C1NCN(c2ccc(Cl)cc2)C12CCN(CCCn1c(=O)c3cccn3c3ccccc31)CC2. The Balaban J connectivity index is 1.14. The minimum absolute atomic E-state index is 0.0486. The molecule has 4 heterocycles. The van der Waals surface area contributed by atoms with E-state index < -0.39 is 5.54 Å². The number of piperidine rings is 1. The predicted octanol–water partition coefficient (Wildman–Crippen LogP) is 3.73. The second-order valence-electron chi connectivity index (χ2n) is 9.50. The summed E-state index contributed by atoms with van der Waals surface area (Å²) in [6.45, 7) is 3.79. The molecule has 0 radical (unpaired) electrons. The van der Waals surface area contributed by atoms with Crippen LogP contribution < -0.4 is 15.8 Å². The van der Waals surface area contributed by atoms with Crippen LogP contribution in [0.3, 0.4) is 0 Å². The van der Waals surface area contributed by atoms with E-state index in [1.807, 2.05) is 69.8 Å². The van der Waals surface area contributed by atoms with Crippen LogP contribution in [0.1, 0.15) is 19.3 Å². The number of anilines is 1. The fourth-order valence-electron chi connectivity index (χ4n) is 5.78. The topological polar surface area (TPSA) is 62.0 Å². The molecule has 6 rings (SSSR count). The van der Waals surface area contributed by atoms with Gasteiger partial charge >= 0.3 is 0 Å². The maximum atomic E-state index is 13.2. The van der Waals surface area contributed by atoms with Crippen molar-refractivity contribution >= 4 is 39.7 Å². The van der Waals surface area contributed by atoms with Crippen molar-refractivity contribution in [1.29, 1.82) is 0 Å². The van der Waals surface area contributed by atoms with Crippen LogP contribution >= 0.6 is 11.6 Å². The number of carbonyl (C=O) groups excluding carboxylic acids is 1. The van der Waals surface area contributed by atoms with Crippen molar-refractivity contribution in [3.8, 4) is 0 Å². The van der Waals surface area contributed by atoms with Crippen LogP contribution in [0.25, 0.3) is 16.6 Å². The Morgan fingerprint density at radius 1 is 0.857 bits per heavy atom. The summed E-state index contributed by atoms with van der Waals surface area (Å²) in [4.78, 5) is 30.7. The standard InChI is InChI=1S/C27H28ClN5O2/c28-20-8-10-21(11-9-20)33-19-29-26(35)27(33)12-17-30(18-13-27)14-4-16-32-23-6-2-1-5-22(23)31-15-3-7-24(31)25(32)34/h1-3,5-11,15H,4,12-14,16-19H2,(H,29,35). The number of hydrogen-bond acceptors (Lipinski definition) is 4. The molecule has 2 aliphatic rings. The fourth-order valence-corrected chi connectivity index (χ4v) is 5.90. The third-order valence-electron chi connectivity index (χ3n) is 7.66. The lowest BCUT2D eigenvalue weighted by molar-refractivity contribution is -0.125. The molecule has 0 bridgehead atoms. The van der Waals surface area contributed by atoms with E-state index in [9.17, 15) is 9.59 Å². The Hall–Kier alpha value is -3.29. The third-order valence-corrected chi connectivity index (χ3v) is 7.91. The van der Waals surface area contributed by atoms with E-state index in [1.165, 1.54) is 0 Å². The maximum Gasteiger partial charge on any atom is 0.275 e. The summed E-state index contributed by atoms with van der Waals surface area (Å²) in [5, 5.41) is 3.75. The van der Waals surface area contributed by atoms with Crippen molar-refractivity contribution in [2.24, 2.45) is 0 Å². The summed E-state index contributed by atoms with van der Waals surface area (Å²) in [5.74, 6) is 0.116. The van der Waals surface area contributed by atoms with Gasteiger partial charge in [0.15, 0.2) is 0 Å². The minimum atomic E-state index is -0.502. The van der Waals surface area contributed by atoms with Crippen molar-refractivity contribution in [2.45, 2.75) is 31.3 Å². The Morgan fingerprint density at radius 2 is 1.57 bits per heavy atom. The summed E-state index contributed by atoms with van der Waals surface area (Å²) < 4.78 is 3.88. The van der Waals surface area contributed by atoms with Crippen molar-refractivity contribution in [3.63, 3.8) is 0 Å². The number of benzene rings is 2. The fraction of sp³-hybridized carbons (Fsp3) is 0.333. The molecule has 180 valence electrons. The van der Waals surface area contributed by atoms with E-state index in [4.69, 9.17) is 11.6 Å². The summed E-state index contributed by atoms with van der Waals surface area (Å²) in [7, 11) is 0. The lowest BCUT2D eigenvalue weighted by Gasteiger charge is -2.43. The summed E-state index contributed by atoms with van der Waals surface area (Å²) in [5.41, 5.74) is 3.28. The first-order valence-electron chi connectivity index (χ1n) is 12.2. The molecular weight excluding hydrogens is 462 g/mol. The first-order chi connectivity index (χ1) is 17.1. The first kappa shape index (κ1) is 22.2. The van der Waals surface area contributed by atoms with E-state index in [-0.39, 0.29) is 11.5 Å². The second-order valence-corrected chi connectivity index (χ2v) is 9.94. The lowest BCUT2D eigenvalue weighted by atomic mass is 9.85. The van der Waals surface area contributed by atoms with Gasteiger partial charge in [-0.15, -0.1) is 0 Å². The third kappa shape index (κ3) is 3.70. The van der Waals surface area contributed by atoms with Gasteiger partial charge in [0.1, 0.15) is 11.1 Å². The van der Waals surface area contributed by atoms with Gasteiger partial charge in [-0.3, -0.25) is 9.59 Å². The molecule has 1 spiro atoms. The molecule has 2 fully saturated rings. The number of aromatic nitrogens is 2. The summed E-state index contributed by atoms with van der Waals surface area (Å²) in [6.07, 6.45) is 4.38. The number of rotatable bonds is 5. The van der Waals surface area contributed by atoms with Crippen LogP contribution in [-0.4, -0.2) is 51.6 Å². The zero-order valence-electron chi connectivity index (χ0n) is 19.5. The molecule has 4 aromatic rings. The molecule has 1 N–H and O–H groups in total. The first-order valence-corrected chi connectivity index (χ1v) is 12.6. The number of nitrogens with one attached hydrogen (secondary N) is 1. The number of para-hydroxylation sites is 2. The van der Waals surface area contributed by atoms with Gasteiger partial charge in [-0.2, -0.15) is 0 Å². The number of nitrogens with zero attached hydrogens (tertiary/aromatic N) is 4. The summed E-state index contributed by atoms with van der Waals surface area (Å²) in [6, 6.07) is 19.6. The Morgan fingerprint density at radius 3 is 2.34 bits per heavy atom. The Bertz CT molecular complexity index is 1450. The van der Waals surface area contributed by atoms with Gasteiger partial charge in [0.05, 0.1) is 17.7 Å². The van der Waals surface area contributed by atoms with Crippen molar-refractivity contribution in [3.05, 3.63) is 82.2 Å². The van der Waals surface area contributed by atoms with Crippen LogP contribution in [0.4, 0.5) is 5.69 Å². The Labute approximate surface area is 208 Å². The van der Waals surface area contributed by atoms with E-state index in [1.54, 1.807) is 0 Å². The molecule has 1 amide bonds. The highest BCUT2D eigenvalue weighted by Gasteiger charge is 2.50. The van der Waals surface area contributed by atoms with Crippen molar-refractivity contribution in [2.75, 3.05) is 31.2 Å². The van der Waals surface area contributed by atoms with Crippen molar-refractivity contribution in [1.82, 2.24) is 19.2 Å². The lowest BCUT2D eigenvalue weighted by Crippen LogP contribution is -2.56. The van der Waals surface area contributed by atoms with Gasteiger partial charge in [-0.1, -0.05) is 23.7 Å². The molecular formula is C27H28ClN5O2. The van der Waals surface area contributed by atoms with Gasteiger partial charge in [0.2, 0.25) is 5.91 Å². The molecule has 0 saturated carbocycles. The summed E-state index contributed by atoms with van der Waals surface area (Å²) >= 11 is 6.07. The zero-order valence-corrected chi connectivity index (χ0v) is 20.2. The van der Waals surface area contributed by atoms with E-state index >= 15 is 0 Å². The normalized spacial score (nSPS) is 18.1. The van der Waals surface area contributed by atoms with Gasteiger partial charge in [-0.05, 0) is 74.3 Å². The molecule has 35 heavy (non-hydrogen) atoms. The molecule has 0 aliphatic carbocycles. The van der Waals surface area contributed by atoms with E-state index in [2.05, 4.69) is 21.2 Å². The van der Waals surface area contributed by atoms with Crippen molar-refractivity contribution < 1.29 is 4.79 Å². The molecule has 2 aromatic heterocycles. The monoisotopic (exact) mass is 489 g/mol. The minimum Gasteiger partial charge on any atom is -0.339 e. The number of halogens is 1. The van der Waals surface area contributed by atoms with E-state index in [0.29, 0.717) is 23.8 Å². The molecule has 0 unspecified atom stereocenters. The molecule has 8 heteroatoms. The van der Waals surface area contributed by atoms with Gasteiger partial charge in [-0.25, -0.2) is 0 Å². The number of amides is 1. The predicted molar refractivity (Wildman–Crippen MR) is 139 cm³/mol. The highest BCUT2D eigenvalue weighted by molar-refractivity contribution is 6.30. The largest absolute Gasteiger partial charge is 0.339 e. The van der Waals surface area contributed by atoms with Crippen LogP contribution in [0.15, 0.2) is 71.7 Å². The van der Waals surface area contributed by atoms with Gasteiger partial charge in [0.25, 0.3) is 5.56 Å². The van der Waals surface area contributed by atoms with Crippen LogP contribution in [0.5, 0.6) is 0 Å². The smallest absolute Gasteiger partial charge is 0.275 e. The average Bonchev–Trinajstić information content (AvgIpc) is 3.49. The maximum absolute atomic E-state index is 13.2. The van der Waals surface area contributed by atoms with Crippen LogP contribution in [-0.2, 0) is 11.3 Å². The number of carbonyl (C=O) groups is 1. The Kier molecular flexibility index (Phi) is 5.54. The number of aryl methyl sites for hydroxylation is 1. The highest BCUT2D eigenvalue weighted by atomic mass is 35.5. The van der Waals surface area contributed by atoms with E-state index in [0.717, 1.165) is 55.6 Å². The number of fused-ring (bicyclic) bond motifs is 3. The van der Waals surface area contributed by atoms with Gasteiger partial charge < -0.3 is 24.1 Å². The molecule has 7 nitrogen and oxygen atoms in total. The quantitative estimate of drug-likeness (QED) is 0.464. The number of hydrogen-bond donors (Lipinski definition) is 1. The number of likely N-dealkylation sites (tertiary alicyclic amines) is 1.